The van der Waals surface area contributed by atoms with Gasteiger partial charge in [0, 0.05) is 25.2 Å². The quantitative estimate of drug-likeness (QED) is 0.880. The molecule has 0 radical (unpaired) electrons. The topological polar surface area (TPSA) is 62.3 Å². The van der Waals surface area contributed by atoms with E-state index in [1.54, 1.807) is 4.31 Å². The summed E-state index contributed by atoms with van der Waals surface area (Å²) < 4.78 is 27.0. The molecule has 2 fully saturated rings. The van der Waals surface area contributed by atoms with Crippen LogP contribution in [0.25, 0.3) is 0 Å². The minimum Gasteiger partial charge on any atom is -0.310 e. The lowest BCUT2D eigenvalue weighted by atomic mass is 10.1. The first kappa shape index (κ1) is 12.5. The molecule has 1 aromatic rings. The Morgan fingerprint density at radius 1 is 1.39 bits per heavy atom. The van der Waals surface area contributed by atoms with Gasteiger partial charge in [0.25, 0.3) is 10.0 Å². The van der Waals surface area contributed by atoms with E-state index in [2.05, 4.69) is 10.3 Å². The van der Waals surface area contributed by atoms with Crippen LogP contribution in [0.15, 0.2) is 10.4 Å². The summed E-state index contributed by atoms with van der Waals surface area (Å²) in [5, 5.41) is 4.29. The van der Waals surface area contributed by atoms with E-state index < -0.39 is 10.0 Å². The lowest BCUT2D eigenvalue weighted by molar-refractivity contribution is 0.384. The largest absolute Gasteiger partial charge is 0.310 e. The number of thiazole rings is 1. The van der Waals surface area contributed by atoms with Crippen molar-refractivity contribution in [1.82, 2.24) is 14.6 Å². The van der Waals surface area contributed by atoms with E-state index in [0.717, 1.165) is 17.8 Å². The molecule has 1 N–H and O–H groups in total. The fourth-order valence-corrected chi connectivity index (χ4v) is 5.48. The van der Waals surface area contributed by atoms with Gasteiger partial charge in [-0.05, 0) is 26.2 Å². The molecule has 2 unspecified atom stereocenters. The summed E-state index contributed by atoms with van der Waals surface area (Å²) in [4.78, 5) is 4.05. The number of aromatic nitrogens is 1. The standard InChI is InChI=1S/C11H17N3O2S2/c1-8-12-6-11(17-8)18(15,16)14-5-4-9-2-3-10(7-14)13-9/h6,9-10,13H,2-5,7H2,1H3. The average molecular weight is 287 g/mol. The molecule has 2 aliphatic heterocycles. The van der Waals surface area contributed by atoms with Gasteiger partial charge in [0.1, 0.15) is 0 Å². The average Bonchev–Trinajstić information content (AvgIpc) is 2.85. The fourth-order valence-electron chi connectivity index (χ4n) is 2.72. The van der Waals surface area contributed by atoms with Crippen LogP contribution < -0.4 is 5.32 Å². The second kappa shape index (κ2) is 4.56. The third-order valence-electron chi connectivity index (χ3n) is 3.68. The summed E-state index contributed by atoms with van der Waals surface area (Å²) in [6.45, 7) is 3.04. The number of nitrogens with one attached hydrogen (secondary N) is 1. The van der Waals surface area contributed by atoms with Crippen molar-refractivity contribution in [2.45, 2.75) is 42.5 Å². The zero-order valence-electron chi connectivity index (χ0n) is 10.3. The maximum absolute atomic E-state index is 12.5. The van der Waals surface area contributed by atoms with Gasteiger partial charge in [0.2, 0.25) is 0 Å². The van der Waals surface area contributed by atoms with Crippen molar-refractivity contribution < 1.29 is 8.42 Å². The summed E-state index contributed by atoms with van der Waals surface area (Å²) >= 11 is 1.25. The van der Waals surface area contributed by atoms with Crippen LogP contribution in [0.3, 0.4) is 0 Å². The third-order valence-corrected chi connectivity index (χ3v) is 6.89. The van der Waals surface area contributed by atoms with Gasteiger partial charge in [0.15, 0.2) is 4.21 Å². The lowest BCUT2D eigenvalue weighted by Crippen LogP contribution is -2.38. The minimum absolute atomic E-state index is 0.321. The summed E-state index contributed by atoms with van der Waals surface area (Å²) in [5.74, 6) is 0. The predicted molar refractivity (Wildman–Crippen MR) is 70.2 cm³/mol. The molecule has 0 amide bonds. The fraction of sp³-hybridized carbons (Fsp3) is 0.727. The SMILES string of the molecule is Cc1ncc(S(=O)(=O)N2CCC3CCC(C2)N3)s1. The highest BCUT2D eigenvalue weighted by Gasteiger charge is 2.35. The molecule has 1 aromatic heterocycles. The van der Waals surface area contributed by atoms with Gasteiger partial charge in [-0.15, -0.1) is 11.3 Å². The van der Waals surface area contributed by atoms with E-state index in [0.29, 0.717) is 29.4 Å². The molecule has 2 saturated heterocycles. The van der Waals surface area contributed by atoms with Crippen LogP contribution in [-0.4, -0.2) is 42.9 Å². The van der Waals surface area contributed by atoms with Gasteiger partial charge in [-0.1, -0.05) is 0 Å². The zero-order chi connectivity index (χ0) is 12.8. The maximum atomic E-state index is 12.5. The normalized spacial score (nSPS) is 29.4. The number of hydrogen-bond acceptors (Lipinski definition) is 5. The highest BCUT2D eigenvalue weighted by molar-refractivity contribution is 7.91. The number of fused-ring (bicyclic) bond motifs is 2. The van der Waals surface area contributed by atoms with Gasteiger partial charge in [-0.25, -0.2) is 13.4 Å². The number of aryl methyl sites for hydroxylation is 1. The molecule has 2 bridgehead atoms. The van der Waals surface area contributed by atoms with Gasteiger partial charge in [-0.2, -0.15) is 4.31 Å². The van der Waals surface area contributed by atoms with E-state index in [9.17, 15) is 8.42 Å². The van der Waals surface area contributed by atoms with E-state index in [-0.39, 0.29) is 0 Å². The van der Waals surface area contributed by atoms with E-state index in [4.69, 9.17) is 0 Å². The van der Waals surface area contributed by atoms with Crippen molar-refractivity contribution >= 4 is 21.4 Å². The van der Waals surface area contributed by atoms with Crippen LogP contribution in [0, 0.1) is 6.92 Å². The molecule has 18 heavy (non-hydrogen) atoms. The van der Waals surface area contributed by atoms with Crippen molar-refractivity contribution in [2.24, 2.45) is 0 Å². The summed E-state index contributed by atoms with van der Waals surface area (Å²) in [6, 6.07) is 0.819. The molecule has 0 aromatic carbocycles. The summed E-state index contributed by atoms with van der Waals surface area (Å²) in [7, 11) is -3.34. The molecular weight excluding hydrogens is 270 g/mol. The van der Waals surface area contributed by atoms with E-state index >= 15 is 0 Å². The molecule has 0 aliphatic carbocycles. The smallest absolute Gasteiger partial charge is 0.254 e. The van der Waals surface area contributed by atoms with Crippen molar-refractivity contribution in [2.75, 3.05) is 13.1 Å². The Bertz CT molecular complexity index is 540. The predicted octanol–water partition coefficient (Wildman–Crippen LogP) is 0.967. The van der Waals surface area contributed by atoms with Crippen LogP contribution in [0.1, 0.15) is 24.3 Å². The Morgan fingerprint density at radius 2 is 2.17 bits per heavy atom. The Labute approximate surface area is 111 Å². The number of sulfonamides is 1. The molecule has 3 rings (SSSR count). The number of nitrogens with zero attached hydrogens (tertiary/aromatic N) is 2. The summed E-state index contributed by atoms with van der Waals surface area (Å²) in [6.07, 6.45) is 4.65. The second-order valence-electron chi connectivity index (χ2n) is 4.99. The Morgan fingerprint density at radius 3 is 2.89 bits per heavy atom. The second-order valence-corrected chi connectivity index (χ2v) is 8.39. The van der Waals surface area contributed by atoms with Crippen molar-refractivity contribution in [3.8, 4) is 0 Å². The Balaban J connectivity index is 1.85. The molecule has 2 aliphatic rings. The van der Waals surface area contributed by atoms with Crippen LogP contribution in [0.4, 0.5) is 0 Å². The van der Waals surface area contributed by atoms with Gasteiger partial charge in [0.05, 0.1) is 11.2 Å². The van der Waals surface area contributed by atoms with Crippen LogP contribution in [0.2, 0.25) is 0 Å². The van der Waals surface area contributed by atoms with Gasteiger partial charge >= 0.3 is 0 Å². The molecule has 0 saturated carbocycles. The van der Waals surface area contributed by atoms with Crippen molar-refractivity contribution in [3.05, 3.63) is 11.2 Å². The Kier molecular flexibility index (Phi) is 3.17. The minimum atomic E-state index is -3.34. The molecule has 3 heterocycles. The molecule has 5 nitrogen and oxygen atoms in total. The third kappa shape index (κ3) is 2.20. The molecule has 0 spiro atoms. The van der Waals surface area contributed by atoms with E-state index in [1.165, 1.54) is 24.0 Å². The summed E-state index contributed by atoms with van der Waals surface area (Å²) in [5.41, 5.74) is 0. The zero-order valence-corrected chi connectivity index (χ0v) is 11.9. The van der Waals surface area contributed by atoms with Gasteiger partial charge < -0.3 is 5.32 Å². The monoisotopic (exact) mass is 287 g/mol. The number of rotatable bonds is 2. The van der Waals surface area contributed by atoms with Crippen molar-refractivity contribution in [1.29, 1.82) is 0 Å². The molecule has 100 valence electrons. The maximum Gasteiger partial charge on any atom is 0.254 e. The van der Waals surface area contributed by atoms with Crippen molar-refractivity contribution in [3.63, 3.8) is 0 Å². The van der Waals surface area contributed by atoms with E-state index in [1.807, 2.05) is 6.92 Å². The van der Waals surface area contributed by atoms with Gasteiger partial charge in [-0.3, -0.25) is 0 Å². The van der Waals surface area contributed by atoms with Crippen LogP contribution >= 0.6 is 11.3 Å². The molecule has 2 atom stereocenters. The molecular formula is C11H17N3O2S2. The Hall–Kier alpha value is -0.500. The first-order chi connectivity index (χ1) is 8.55. The lowest BCUT2D eigenvalue weighted by Gasteiger charge is -2.22. The highest BCUT2D eigenvalue weighted by atomic mass is 32.2. The first-order valence-electron chi connectivity index (χ1n) is 6.24. The molecule has 7 heteroatoms. The van der Waals surface area contributed by atoms with Crippen LogP contribution in [0.5, 0.6) is 0 Å². The first-order valence-corrected chi connectivity index (χ1v) is 8.50. The highest BCUT2D eigenvalue weighted by Crippen LogP contribution is 2.27. The van der Waals surface area contributed by atoms with Crippen LogP contribution in [-0.2, 0) is 10.0 Å². The number of hydrogen-bond donors (Lipinski definition) is 1.